The van der Waals surface area contributed by atoms with Gasteiger partial charge in [-0.25, -0.2) is 4.79 Å². The number of phenols is 1. The van der Waals surface area contributed by atoms with Crippen LogP contribution in [0.25, 0.3) is 33.4 Å². The van der Waals surface area contributed by atoms with Crippen molar-refractivity contribution in [2.45, 2.75) is 6.54 Å². The Balaban J connectivity index is 0.00000225. The minimum Gasteiger partial charge on any atom is -0.508 e. The van der Waals surface area contributed by atoms with Gasteiger partial charge in [-0.15, -0.1) is 12.4 Å². The molecule has 0 spiro atoms. The molecular formula is C21H16ClNO5. The molecule has 0 amide bonds. The minimum absolute atomic E-state index is 0. The van der Waals surface area contributed by atoms with Crippen LogP contribution in [0.1, 0.15) is 15.9 Å². The number of phenolic OH excluding ortho intramolecular Hbond substituents is 1. The van der Waals surface area contributed by atoms with Gasteiger partial charge in [0, 0.05) is 35.2 Å². The predicted octanol–water partition coefficient (Wildman–Crippen LogP) is 3.85. The lowest BCUT2D eigenvalue weighted by Gasteiger charge is -2.17. The molecule has 142 valence electrons. The zero-order valence-corrected chi connectivity index (χ0v) is 15.3. The first-order valence-corrected chi connectivity index (χ1v) is 8.24. The first kappa shape index (κ1) is 19.4. The Morgan fingerprint density at radius 3 is 2.46 bits per heavy atom. The Labute approximate surface area is 165 Å². The van der Waals surface area contributed by atoms with E-state index < -0.39 is 5.97 Å². The van der Waals surface area contributed by atoms with E-state index in [0.29, 0.717) is 39.0 Å². The standard InChI is InChI=1S/C21H15NO5.ClH/c22-10-11-1-4-14(17(7-11)21(25)26)20-15-5-2-12(23)8-18(15)27-19-9-13(24)3-6-16(19)20;/h1-9,23H,10,22H2,(H,25,26);1H. The van der Waals surface area contributed by atoms with Crippen LogP contribution in [-0.2, 0) is 6.54 Å². The molecule has 1 aliphatic carbocycles. The highest BCUT2D eigenvalue weighted by molar-refractivity contribution is 6.07. The van der Waals surface area contributed by atoms with Crippen molar-refractivity contribution in [3.8, 4) is 28.2 Å². The topological polar surface area (TPSA) is 114 Å². The van der Waals surface area contributed by atoms with Crippen LogP contribution in [0.15, 0.2) is 63.8 Å². The summed E-state index contributed by atoms with van der Waals surface area (Å²) in [4.78, 5) is 23.7. The van der Waals surface area contributed by atoms with Crippen LogP contribution in [-0.4, -0.2) is 16.2 Å². The summed E-state index contributed by atoms with van der Waals surface area (Å²) in [5, 5.41) is 20.2. The van der Waals surface area contributed by atoms with E-state index in [9.17, 15) is 19.8 Å². The first-order valence-electron chi connectivity index (χ1n) is 8.24. The van der Waals surface area contributed by atoms with Crippen LogP contribution in [0, 0.1) is 0 Å². The predicted molar refractivity (Wildman–Crippen MR) is 108 cm³/mol. The van der Waals surface area contributed by atoms with Gasteiger partial charge in [0.1, 0.15) is 17.1 Å². The van der Waals surface area contributed by atoms with E-state index in [4.69, 9.17) is 10.2 Å². The van der Waals surface area contributed by atoms with Crippen molar-refractivity contribution in [1.82, 2.24) is 0 Å². The van der Waals surface area contributed by atoms with Gasteiger partial charge < -0.3 is 20.4 Å². The molecule has 4 N–H and O–H groups in total. The lowest BCUT2D eigenvalue weighted by Crippen LogP contribution is -2.05. The molecule has 1 heterocycles. The number of benzene rings is 3. The van der Waals surface area contributed by atoms with Gasteiger partial charge in [0.2, 0.25) is 0 Å². The molecule has 0 atom stereocenters. The Kier molecular flexibility index (Phi) is 5.09. The van der Waals surface area contributed by atoms with E-state index in [1.165, 1.54) is 24.3 Å². The molecule has 2 aliphatic rings. The zero-order chi connectivity index (χ0) is 19.1. The van der Waals surface area contributed by atoms with Gasteiger partial charge in [-0.2, -0.15) is 0 Å². The summed E-state index contributed by atoms with van der Waals surface area (Å²) >= 11 is 0. The van der Waals surface area contributed by atoms with Crippen molar-refractivity contribution in [1.29, 1.82) is 0 Å². The van der Waals surface area contributed by atoms with Crippen LogP contribution in [0.5, 0.6) is 5.75 Å². The van der Waals surface area contributed by atoms with Gasteiger partial charge in [0.15, 0.2) is 5.43 Å². The minimum atomic E-state index is -1.08. The number of carbonyl (C=O) groups is 1. The average Bonchev–Trinajstić information content (AvgIpc) is 2.65. The van der Waals surface area contributed by atoms with E-state index in [1.807, 2.05) is 0 Å². The summed E-state index contributed by atoms with van der Waals surface area (Å²) in [5.74, 6) is -0.761. The van der Waals surface area contributed by atoms with E-state index in [-0.39, 0.29) is 35.7 Å². The molecule has 0 saturated heterocycles. The zero-order valence-electron chi connectivity index (χ0n) is 14.5. The van der Waals surface area contributed by atoms with Crippen molar-refractivity contribution in [3.05, 3.63) is 75.9 Å². The molecule has 0 bridgehead atoms. The Morgan fingerprint density at radius 1 is 1.00 bits per heavy atom. The molecule has 1 aliphatic heterocycles. The molecular weight excluding hydrogens is 382 g/mol. The number of nitrogens with two attached hydrogens (primary N) is 1. The average molecular weight is 398 g/mol. The normalized spacial score (nSPS) is 10.8. The summed E-state index contributed by atoms with van der Waals surface area (Å²) < 4.78 is 5.79. The van der Waals surface area contributed by atoms with Gasteiger partial charge in [0.25, 0.3) is 0 Å². The number of aromatic hydroxyl groups is 1. The van der Waals surface area contributed by atoms with Gasteiger partial charge in [-0.3, -0.25) is 4.79 Å². The van der Waals surface area contributed by atoms with E-state index in [0.717, 1.165) is 0 Å². The maximum Gasteiger partial charge on any atom is 0.336 e. The maximum absolute atomic E-state index is 11.9. The molecule has 4 rings (SSSR count). The van der Waals surface area contributed by atoms with E-state index in [1.54, 1.807) is 30.3 Å². The molecule has 0 unspecified atom stereocenters. The number of carboxylic acid groups (broad SMARTS) is 1. The third-order valence-electron chi connectivity index (χ3n) is 4.50. The van der Waals surface area contributed by atoms with Crippen molar-refractivity contribution >= 4 is 29.3 Å². The fourth-order valence-corrected chi connectivity index (χ4v) is 3.26. The Bertz CT molecular complexity index is 1230. The molecule has 7 heteroatoms. The van der Waals surface area contributed by atoms with Crippen LogP contribution < -0.4 is 11.2 Å². The highest BCUT2D eigenvalue weighted by Crippen LogP contribution is 2.42. The summed E-state index contributed by atoms with van der Waals surface area (Å²) in [6, 6.07) is 14.0. The monoisotopic (exact) mass is 397 g/mol. The Morgan fingerprint density at radius 2 is 1.75 bits per heavy atom. The van der Waals surface area contributed by atoms with Crippen LogP contribution >= 0.6 is 12.4 Å². The highest BCUT2D eigenvalue weighted by atomic mass is 35.5. The third kappa shape index (κ3) is 3.19. The second kappa shape index (κ2) is 7.34. The van der Waals surface area contributed by atoms with Crippen LogP contribution in [0.4, 0.5) is 0 Å². The van der Waals surface area contributed by atoms with Crippen molar-refractivity contribution in [2.24, 2.45) is 5.73 Å². The molecule has 6 nitrogen and oxygen atoms in total. The van der Waals surface area contributed by atoms with E-state index >= 15 is 0 Å². The van der Waals surface area contributed by atoms with Crippen LogP contribution in [0.2, 0.25) is 0 Å². The second-order valence-electron chi connectivity index (χ2n) is 6.20. The summed E-state index contributed by atoms with van der Waals surface area (Å²) in [6.07, 6.45) is 0. The highest BCUT2D eigenvalue weighted by Gasteiger charge is 2.22. The fourth-order valence-electron chi connectivity index (χ4n) is 3.26. The number of carboxylic acids is 1. The summed E-state index contributed by atoms with van der Waals surface area (Å²) in [7, 11) is 0. The number of hydrogen-bond acceptors (Lipinski definition) is 5. The lowest BCUT2D eigenvalue weighted by molar-refractivity contribution is 0.0697. The Hall–Kier alpha value is -3.35. The quantitative estimate of drug-likeness (QED) is 0.452. The van der Waals surface area contributed by atoms with Crippen LogP contribution in [0.3, 0.4) is 0 Å². The van der Waals surface area contributed by atoms with E-state index in [2.05, 4.69) is 0 Å². The molecule has 0 saturated carbocycles. The smallest absolute Gasteiger partial charge is 0.336 e. The number of hydrogen-bond donors (Lipinski definition) is 3. The third-order valence-corrected chi connectivity index (χ3v) is 4.50. The molecule has 2 aromatic carbocycles. The number of aromatic carboxylic acids is 1. The SMILES string of the molecule is Cl.NCc1ccc(-c2c3ccc(=O)cc-3oc3cc(O)ccc23)c(C(=O)O)c1. The second-order valence-corrected chi connectivity index (χ2v) is 6.20. The number of halogens is 1. The van der Waals surface area contributed by atoms with Crippen molar-refractivity contribution in [2.75, 3.05) is 0 Å². The largest absolute Gasteiger partial charge is 0.508 e. The summed E-state index contributed by atoms with van der Waals surface area (Å²) in [5.41, 5.74) is 8.28. The number of fused-ring (bicyclic) bond motifs is 2. The van der Waals surface area contributed by atoms with Gasteiger partial charge in [-0.1, -0.05) is 12.1 Å². The molecule has 0 fully saturated rings. The molecule has 28 heavy (non-hydrogen) atoms. The maximum atomic E-state index is 11.9. The van der Waals surface area contributed by atoms with Gasteiger partial charge >= 0.3 is 5.97 Å². The van der Waals surface area contributed by atoms with Crippen molar-refractivity contribution < 1.29 is 19.4 Å². The summed E-state index contributed by atoms with van der Waals surface area (Å²) in [6.45, 7) is 0.222. The van der Waals surface area contributed by atoms with Gasteiger partial charge in [-0.05, 0) is 41.5 Å². The molecule has 2 aromatic rings. The first-order chi connectivity index (χ1) is 13.0. The fraction of sp³-hybridized carbons (Fsp3) is 0.0476. The number of rotatable bonds is 3. The molecule has 0 radical (unpaired) electrons. The van der Waals surface area contributed by atoms with Gasteiger partial charge in [0.05, 0.1) is 5.56 Å². The molecule has 0 aromatic heterocycles. The van der Waals surface area contributed by atoms with Crippen molar-refractivity contribution in [3.63, 3.8) is 0 Å². The lowest BCUT2D eigenvalue weighted by atomic mass is 9.90.